The molecule has 1 aliphatic rings. The van der Waals surface area contributed by atoms with E-state index >= 15 is 0 Å². The Bertz CT molecular complexity index is 1010. The topological polar surface area (TPSA) is 60.2 Å². The number of carbonyl (C=O) groups is 1. The van der Waals surface area contributed by atoms with Crippen molar-refractivity contribution in [3.63, 3.8) is 0 Å². The van der Waals surface area contributed by atoms with Gasteiger partial charge in [-0.15, -0.1) is 10.2 Å². The second-order valence-corrected chi connectivity index (χ2v) is 8.59. The number of hydrogen-bond acceptors (Lipinski definition) is 5. The van der Waals surface area contributed by atoms with Crippen molar-refractivity contribution >= 4 is 17.7 Å². The fourth-order valence-corrected chi connectivity index (χ4v) is 4.73. The molecule has 31 heavy (non-hydrogen) atoms. The molecule has 0 unspecified atom stereocenters. The molecule has 3 aromatic rings. The van der Waals surface area contributed by atoms with E-state index in [1.807, 2.05) is 17.0 Å². The summed E-state index contributed by atoms with van der Waals surface area (Å²) in [6, 6.07) is 18.8. The van der Waals surface area contributed by atoms with Gasteiger partial charge in [-0.1, -0.05) is 66.4 Å². The first-order valence-electron chi connectivity index (χ1n) is 10.7. The molecular formula is C24H28N4O2S. The Morgan fingerprint density at radius 3 is 2.61 bits per heavy atom. The Kier molecular flexibility index (Phi) is 7.38. The molecule has 0 saturated heterocycles. The highest BCUT2D eigenvalue weighted by molar-refractivity contribution is 7.99. The van der Waals surface area contributed by atoms with Gasteiger partial charge in [0.2, 0.25) is 5.91 Å². The van der Waals surface area contributed by atoms with E-state index in [0.29, 0.717) is 25.4 Å². The van der Waals surface area contributed by atoms with Crippen molar-refractivity contribution in [3.8, 4) is 0 Å². The molecule has 1 aromatic heterocycles. The summed E-state index contributed by atoms with van der Waals surface area (Å²) < 4.78 is 7.37. The van der Waals surface area contributed by atoms with Gasteiger partial charge in [-0.05, 0) is 29.5 Å². The summed E-state index contributed by atoms with van der Waals surface area (Å²) in [5.41, 5.74) is 3.87. The lowest BCUT2D eigenvalue weighted by Crippen LogP contribution is -2.37. The Morgan fingerprint density at radius 1 is 1.03 bits per heavy atom. The number of aryl methyl sites for hydroxylation is 2. The first kappa shape index (κ1) is 21.6. The number of rotatable bonds is 9. The van der Waals surface area contributed by atoms with E-state index < -0.39 is 0 Å². The van der Waals surface area contributed by atoms with Crippen LogP contribution < -0.4 is 0 Å². The fraction of sp³-hybridized carbons (Fsp3) is 0.375. The van der Waals surface area contributed by atoms with Gasteiger partial charge < -0.3 is 14.2 Å². The molecule has 2 aromatic carbocycles. The van der Waals surface area contributed by atoms with E-state index in [9.17, 15) is 4.79 Å². The van der Waals surface area contributed by atoms with Gasteiger partial charge in [0.25, 0.3) is 0 Å². The Balaban J connectivity index is 1.38. The maximum Gasteiger partial charge on any atom is 0.233 e. The number of hydrogen-bond donors (Lipinski definition) is 0. The fourth-order valence-electron chi connectivity index (χ4n) is 3.84. The minimum atomic E-state index is 0.145. The molecule has 1 amide bonds. The predicted molar refractivity (Wildman–Crippen MR) is 122 cm³/mol. The smallest absolute Gasteiger partial charge is 0.233 e. The van der Waals surface area contributed by atoms with Gasteiger partial charge in [-0.25, -0.2) is 0 Å². The predicted octanol–water partition coefficient (Wildman–Crippen LogP) is 3.39. The van der Waals surface area contributed by atoms with Crippen LogP contribution in [0.3, 0.4) is 0 Å². The van der Waals surface area contributed by atoms with Crippen molar-refractivity contribution in [3.05, 3.63) is 77.1 Å². The average Bonchev–Trinajstić information content (AvgIpc) is 3.21. The Hall–Kier alpha value is -2.64. The molecule has 6 nitrogen and oxygen atoms in total. The molecule has 1 aliphatic heterocycles. The summed E-state index contributed by atoms with van der Waals surface area (Å²) in [4.78, 5) is 14.8. The molecule has 0 atom stereocenters. The molecule has 0 N–H and O–H groups in total. The monoisotopic (exact) mass is 436 g/mol. The maximum absolute atomic E-state index is 12.8. The van der Waals surface area contributed by atoms with Crippen LogP contribution in [0, 0.1) is 0 Å². The van der Waals surface area contributed by atoms with E-state index in [1.54, 1.807) is 7.11 Å². The number of carbonyl (C=O) groups excluding carboxylic acids is 1. The third kappa shape index (κ3) is 5.54. The van der Waals surface area contributed by atoms with Crippen LogP contribution in [-0.2, 0) is 41.9 Å². The number of thioether (sulfide) groups is 1. The van der Waals surface area contributed by atoms with Crippen LogP contribution in [0.5, 0.6) is 0 Å². The van der Waals surface area contributed by atoms with Crippen LogP contribution in [0.4, 0.5) is 0 Å². The minimum Gasteiger partial charge on any atom is -0.383 e. The summed E-state index contributed by atoms with van der Waals surface area (Å²) in [6.45, 7) is 2.73. The van der Waals surface area contributed by atoms with Crippen molar-refractivity contribution in [1.29, 1.82) is 0 Å². The summed E-state index contributed by atoms with van der Waals surface area (Å²) in [7, 11) is 1.69. The largest absolute Gasteiger partial charge is 0.383 e. The van der Waals surface area contributed by atoms with Crippen molar-refractivity contribution in [2.75, 3.05) is 26.0 Å². The lowest BCUT2D eigenvalue weighted by atomic mass is 10.00. The number of aromatic nitrogens is 3. The molecule has 162 valence electrons. The molecule has 0 aliphatic carbocycles. The number of benzene rings is 2. The standard InChI is InChI=1S/C24H28N4O2S/c1-30-16-15-28-22(12-11-19-7-3-2-4-8-19)25-26-24(28)31-18-23(29)27-14-13-20-9-5-6-10-21(20)17-27/h2-10H,11-18H2,1H3. The van der Waals surface area contributed by atoms with E-state index in [-0.39, 0.29) is 5.91 Å². The second kappa shape index (κ2) is 10.6. The van der Waals surface area contributed by atoms with Gasteiger partial charge in [-0.2, -0.15) is 0 Å². The SMILES string of the molecule is COCCn1c(CCc2ccccc2)nnc1SCC(=O)N1CCc2ccccc2C1. The lowest BCUT2D eigenvalue weighted by molar-refractivity contribution is -0.129. The van der Waals surface area contributed by atoms with Crippen molar-refractivity contribution in [1.82, 2.24) is 19.7 Å². The Labute approximate surface area is 187 Å². The molecule has 7 heteroatoms. The van der Waals surface area contributed by atoms with Gasteiger partial charge in [0.15, 0.2) is 5.16 Å². The van der Waals surface area contributed by atoms with Crippen molar-refractivity contribution in [2.24, 2.45) is 0 Å². The van der Waals surface area contributed by atoms with Crippen LogP contribution in [0.1, 0.15) is 22.5 Å². The van der Waals surface area contributed by atoms with Crippen LogP contribution in [0.25, 0.3) is 0 Å². The van der Waals surface area contributed by atoms with Crippen molar-refractivity contribution in [2.45, 2.75) is 37.5 Å². The first-order valence-corrected chi connectivity index (χ1v) is 11.7. The number of ether oxygens (including phenoxy) is 1. The van der Waals surface area contributed by atoms with Crippen LogP contribution in [0.15, 0.2) is 59.8 Å². The first-order chi connectivity index (χ1) is 15.2. The summed E-state index contributed by atoms with van der Waals surface area (Å²) in [6.07, 6.45) is 2.63. The summed E-state index contributed by atoms with van der Waals surface area (Å²) in [5.74, 6) is 1.45. The zero-order valence-corrected chi connectivity index (χ0v) is 18.7. The molecule has 0 spiro atoms. The highest BCUT2D eigenvalue weighted by Crippen LogP contribution is 2.22. The highest BCUT2D eigenvalue weighted by atomic mass is 32.2. The zero-order chi connectivity index (χ0) is 21.5. The van der Waals surface area contributed by atoms with Gasteiger partial charge in [0.1, 0.15) is 5.82 Å². The molecule has 0 saturated carbocycles. The quantitative estimate of drug-likeness (QED) is 0.481. The van der Waals surface area contributed by atoms with Crippen LogP contribution >= 0.6 is 11.8 Å². The van der Waals surface area contributed by atoms with E-state index in [4.69, 9.17) is 4.74 Å². The van der Waals surface area contributed by atoms with Gasteiger partial charge >= 0.3 is 0 Å². The number of fused-ring (bicyclic) bond motifs is 1. The van der Waals surface area contributed by atoms with E-state index in [0.717, 1.165) is 36.8 Å². The van der Waals surface area contributed by atoms with Crippen molar-refractivity contribution < 1.29 is 9.53 Å². The third-order valence-electron chi connectivity index (χ3n) is 5.60. The molecule has 0 bridgehead atoms. The zero-order valence-electron chi connectivity index (χ0n) is 17.9. The minimum absolute atomic E-state index is 0.145. The number of nitrogens with zero attached hydrogens (tertiary/aromatic N) is 4. The van der Waals surface area contributed by atoms with E-state index in [1.165, 1.54) is 28.5 Å². The van der Waals surface area contributed by atoms with Gasteiger partial charge in [0, 0.05) is 33.2 Å². The molecule has 0 radical (unpaired) electrons. The number of methoxy groups -OCH3 is 1. The second-order valence-electron chi connectivity index (χ2n) is 7.65. The lowest BCUT2D eigenvalue weighted by Gasteiger charge is -2.28. The van der Waals surface area contributed by atoms with Gasteiger partial charge in [-0.3, -0.25) is 4.79 Å². The summed E-state index contributed by atoms with van der Waals surface area (Å²) >= 11 is 1.47. The maximum atomic E-state index is 12.8. The molecule has 0 fully saturated rings. The highest BCUT2D eigenvalue weighted by Gasteiger charge is 2.21. The van der Waals surface area contributed by atoms with Crippen LogP contribution in [-0.4, -0.2) is 51.6 Å². The molecule has 4 rings (SSSR count). The molecular weight excluding hydrogens is 408 g/mol. The van der Waals surface area contributed by atoms with Crippen LogP contribution in [0.2, 0.25) is 0 Å². The molecule has 2 heterocycles. The number of amides is 1. The van der Waals surface area contributed by atoms with E-state index in [2.05, 4.69) is 57.2 Å². The van der Waals surface area contributed by atoms with Gasteiger partial charge in [0.05, 0.1) is 12.4 Å². The average molecular weight is 437 g/mol. The normalized spacial score (nSPS) is 13.3. The Morgan fingerprint density at radius 2 is 1.81 bits per heavy atom. The third-order valence-corrected chi connectivity index (χ3v) is 6.55. The summed E-state index contributed by atoms with van der Waals surface area (Å²) in [5, 5.41) is 9.58.